The van der Waals surface area contributed by atoms with Crippen LogP contribution in [0.5, 0.6) is 0 Å². The quantitative estimate of drug-likeness (QED) is 0.206. The van der Waals surface area contributed by atoms with Gasteiger partial charge in [-0.15, -0.1) is 0 Å². The molecule has 0 saturated carbocycles. The fraction of sp³-hybridized carbons (Fsp3) is 0.250. The van der Waals surface area contributed by atoms with Crippen LogP contribution < -0.4 is 10.6 Å². The lowest BCUT2D eigenvalue weighted by Crippen LogP contribution is -2.14. The summed E-state index contributed by atoms with van der Waals surface area (Å²) in [7, 11) is 0. The number of nitrogens with zero attached hydrogens (tertiary/aromatic N) is 6. The Hall–Kier alpha value is -5.64. The summed E-state index contributed by atoms with van der Waals surface area (Å²) in [5.74, 6) is 0. The zero-order chi connectivity index (χ0) is 28.9. The molecule has 2 rings (SSSR count). The van der Waals surface area contributed by atoms with E-state index in [9.17, 15) is 60.7 Å². The molecule has 0 radical (unpaired) electrons. The summed E-state index contributed by atoms with van der Waals surface area (Å²) < 4.78 is 0. The second-order valence-electron chi connectivity index (χ2n) is 6.87. The first-order valence-corrected chi connectivity index (χ1v) is 9.78. The van der Waals surface area contributed by atoms with Crippen molar-refractivity contribution in [3.05, 3.63) is 72.8 Å². The number of rotatable bonds is 13. The van der Waals surface area contributed by atoms with Crippen molar-refractivity contribution in [2.45, 2.75) is 0 Å². The smallest absolute Gasteiger partial charge is 0.314 e. The van der Waals surface area contributed by atoms with Crippen LogP contribution >= 0.6 is 0 Å². The van der Waals surface area contributed by atoms with Crippen molar-refractivity contribution in [2.24, 2.45) is 0 Å². The number of aliphatic hydroxyl groups excluding tert-OH is 2. The summed E-state index contributed by atoms with van der Waals surface area (Å²) in [5, 5.41) is 93.3. The van der Waals surface area contributed by atoms with Gasteiger partial charge >= 0.3 is 22.7 Å². The molecule has 0 fully saturated rings. The molecule has 0 unspecified atom stereocenters. The van der Waals surface area contributed by atoms with E-state index < -0.39 is 112 Å². The standard InChI is InChI=1S/C16H14N8O14/c25-3-1-17-13-9(21(31)32)5-7(19(27)28)11(15(13)23(35)36)12-8(20(29)30)6-10(22(33)34)14(18-2-4-26)16(12)24(37)38/h5-6,17-18,25-26H,1-4H2. The van der Waals surface area contributed by atoms with Crippen molar-refractivity contribution < 1.29 is 39.8 Å². The van der Waals surface area contributed by atoms with E-state index in [2.05, 4.69) is 10.6 Å². The van der Waals surface area contributed by atoms with Gasteiger partial charge in [-0.2, -0.15) is 0 Å². The van der Waals surface area contributed by atoms with Crippen molar-refractivity contribution in [1.29, 1.82) is 0 Å². The largest absolute Gasteiger partial charge is 0.395 e. The summed E-state index contributed by atoms with van der Waals surface area (Å²) >= 11 is 0. The lowest BCUT2D eigenvalue weighted by molar-refractivity contribution is -0.404. The molecule has 0 aliphatic heterocycles. The summed E-state index contributed by atoms with van der Waals surface area (Å²) in [6.45, 7) is -2.75. The van der Waals surface area contributed by atoms with Gasteiger partial charge in [0.1, 0.15) is 0 Å². The molecule has 0 saturated heterocycles. The Labute approximate surface area is 207 Å². The minimum atomic E-state index is -1.59. The van der Waals surface area contributed by atoms with Crippen LogP contribution in [0, 0.1) is 60.7 Å². The number of nitro groups is 6. The molecule has 202 valence electrons. The van der Waals surface area contributed by atoms with E-state index in [1.807, 2.05) is 0 Å². The van der Waals surface area contributed by atoms with Crippen molar-refractivity contribution >= 4 is 45.5 Å². The molecule has 0 aliphatic rings. The second-order valence-corrected chi connectivity index (χ2v) is 6.87. The summed E-state index contributed by atoms with van der Waals surface area (Å²) in [6, 6.07) is 0.301. The molecular formula is C16H14N8O14. The van der Waals surface area contributed by atoms with Gasteiger partial charge in [-0.3, -0.25) is 60.7 Å². The van der Waals surface area contributed by atoms with Crippen LogP contribution in [-0.2, 0) is 0 Å². The van der Waals surface area contributed by atoms with E-state index in [0.717, 1.165) is 0 Å². The molecule has 0 amide bonds. The van der Waals surface area contributed by atoms with Gasteiger partial charge in [0.15, 0.2) is 22.5 Å². The summed E-state index contributed by atoms with van der Waals surface area (Å²) in [6.07, 6.45) is 0. The third-order valence-electron chi connectivity index (χ3n) is 4.75. The van der Waals surface area contributed by atoms with Gasteiger partial charge in [-0.1, -0.05) is 0 Å². The zero-order valence-corrected chi connectivity index (χ0v) is 18.5. The minimum absolute atomic E-state index is 0.151. The van der Waals surface area contributed by atoms with E-state index in [4.69, 9.17) is 10.2 Å². The molecule has 22 heteroatoms. The Balaban J connectivity index is 3.40. The average Bonchev–Trinajstić information content (AvgIpc) is 2.83. The Morgan fingerprint density at radius 3 is 1.03 bits per heavy atom. The third kappa shape index (κ3) is 5.29. The third-order valence-corrected chi connectivity index (χ3v) is 4.75. The van der Waals surface area contributed by atoms with Gasteiger partial charge in [0.2, 0.25) is 0 Å². The molecule has 2 aromatic carbocycles. The predicted octanol–water partition coefficient (Wildman–Crippen LogP) is 1.61. The number of aliphatic hydroxyl groups is 2. The number of anilines is 2. The van der Waals surface area contributed by atoms with E-state index in [1.54, 1.807) is 0 Å². The maximum atomic E-state index is 12.1. The van der Waals surface area contributed by atoms with Crippen LogP contribution in [-0.4, -0.2) is 66.1 Å². The van der Waals surface area contributed by atoms with Gasteiger partial charge in [0.25, 0.3) is 11.4 Å². The normalized spacial score (nSPS) is 10.5. The fourth-order valence-corrected chi connectivity index (χ4v) is 3.43. The number of nitro benzene ring substituents is 6. The van der Waals surface area contributed by atoms with E-state index in [0.29, 0.717) is 0 Å². The van der Waals surface area contributed by atoms with Gasteiger partial charge in [0.05, 0.1) is 54.9 Å². The first kappa shape index (κ1) is 28.6. The Morgan fingerprint density at radius 1 is 0.526 bits per heavy atom. The van der Waals surface area contributed by atoms with Gasteiger partial charge in [-0.05, 0) is 0 Å². The lowest BCUT2D eigenvalue weighted by Gasteiger charge is -2.14. The Morgan fingerprint density at radius 2 is 0.816 bits per heavy atom. The van der Waals surface area contributed by atoms with Crippen LogP contribution in [0.15, 0.2) is 12.1 Å². The maximum absolute atomic E-state index is 12.1. The summed E-state index contributed by atoms with van der Waals surface area (Å²) in [5.41, 5.74) is -13.9. The molecule has 38 heavy (non-hydrogen) atoms. The van der Waals surface area contributed by atoms with Crippen molar-refractivity contribution in [3.63, 3.8) is 0 Å². The van der Waals surface area contributed by atoms with Crippen molar-refractivity contribution in [1.82, 2.24) is 0 Å². The number of hydrogen-bond donors (Lipinski definition) is 4. The molecule has 0 aliphatic carbocycles. The second kappa shape index (κ2) is 11.4. The number of hydrogen-bond acceptors (Lipinski definition) is 16. The highest BCUT2D eigenvalue weighted by Gasteiger charge is 2.46. The Kier molecular flexibility index (Phi) is 8.58. The predicted molar refractivity (Wildman–Crippen MR) is 123 cm³/mol. The number of benzene rings is 2. The molecule has 2 aromatic rings. The minimum Gasteiger partial charge on any atom is -0.395 e. The highest BCUT2D eigenvalue weighted by molar-refractivity contribution is 6.03. The molecule has 0 atom stereocenters. The summed E-state index contributed by atoms with van der Waals surface area (Å²) in [4.78, 5) is 62.7. The van der Waals surface area contributed by atoms with E-state index in [-0.39, 0.29) is 12.1 Å². The van der Waals surface area contributed by atoms with Crippen LogP contribution in [0.1, 0.15) is 0 Å². The highest BCUT2D eigenvalue weighted by atomic mass is 16.6. The molecule has 0 aromatic heterocycles. The van der Waals surface area contributed by atoms with Crippen LogP contribution in [0.2, 0.25) is 0 Å². The van der Waals surface area contributed by atoms with E-state index in [1.165, 1.54) is 0 Å². The Bertz CT molecular complexity index is 1270. The monoisotopic (exact) mass is 542 g/mol. The van der Waals surface area contributed by atoms with Crippen LogP contribution in [0.25, 0.3) is 11.1 Å². The van der Waals surface area contributed by atoms with Crippen molar-refractivity contribution in [3.8, 4) is 11.1 Å². The van der Waals surface area contributed by atoms with Crippen LogP contribution in [0.4, 0.5) is 45.5 Å². The molecule has 0 heterocycles. The molecule has 22 nitrogen and oxygen atoms in total. The average molecular weight is 542 g/mol. The molecular weight excluding hydrogens is 528 g/mol. The number of nitrogens with one attached hydrogen (secondary N) is 2. The molecule has 0 bridgehead atoms. The molecule has 0 spiro atoms. The fourth-order valence-electron chi connectivity index (χ4n) is 3.43. The van der Waals surface area contributed by atoms with Crippen molar-refractivity contribution in [2.75, 3.05) is 36.9 Å². The van der Waals surface area contributed by atoms with Gasteiger partial charge in [-0.25, -0.2) is 0 Å². The first-order chi connectivity index (χ1) is 17.8. The highest BCUT2D eigenvalue weighted by Crippen LogP contribution is 2.55. The molecule has 4 N–H and O–H groups in total. The van der Waals surface area contributed by atoms with E-state index >= 15 is 0 Å². The van der Waals surface area contributed by atoms with Crippen LogP contribution in [0.3, 0.4) is 0 Å². The topological polar surface area (TPSA) is 323 Å². The zero-order valence-electron chi connectivity index (χ0n) is 18.5. The maximum Gasteiger partial charge on any atom is 0.314 e. The van der Waals surface area contributed by atoms with Gasteiger partial charge in [0, 0.05) is 13.1 Å². The SMILES string of the molecule is O=[N+]([O-])c1cc([N+](=O)[O-])c(-c2c([N+](=O)[O-])cc([N+](=O)[O-])c(NCCO)c2[N+](=O)[O-])c([N+](=O)[O-])c1NCCO. The lowest BCUT2D eigenvalue weighted by atomic mass is 9.94. The van der Waals surface area contributed by atoms with Gasteiger partial charge < -0.3 is 20.8 Å². The first-order valence-electron chi connectivity index (χ1n) is 9.78.